The van der Waals surface area contributed by atoms with Crippen LogP contribution in [0.15, 0.2) is 12.4 Å². The summed E-state index contributed by atoms with van der Waals surface area (Å²) in [6, 6.07) is 0. The smallest absolute Gasteiger partial charge is 0.222 e. The summed E-state index contributed by atoms with van der Waals surface area (Å²) in [5, 5.41) is 0. The topological polar surface area (TPSA) is 37.3 Å². The third kappa shape index (κ3) is 6.33. The van der Waals surface area contributed by atoms with E-state index >= 15 is 0 Å². The maximum absolute atomic E-state index is 11.0. The fourth-order valence-electron chi connectivity index (χ4n) is 0.856. The zero-order chi connectivity index (χ0) is 8.74. The van der Waals surface area contributed by atoms with Crippen LogP contribution < -0.4 is 0 Å². The summed E-state index contributed by atoms with van der Waals surface area (Å²) in [6.45, 7) is 5.44. The first kappa shape index (κ1) is 10.9. The van der Waals surface area contributed by atoms with E-state index in [2.05, 4.69) is 13.5 Å². The Morgan fingerprint density at radius 2 is 2.09 bits per heavy atom. The molecule has 11 heavy (non-hydrogen) atoms. The van der Waals surface area contributed by atoms with Crippen LogP contribution in [0.2, 0.25) is 0 Å². The van der Waals surface area contributed by atoms with E-state index in [1.165, 1.54) is 5.82 Å². The van der Waals surface area contributed by atoms with Crippen LogP contribution in [0.25, 0.3) is 0 Å². The Morgan fingerprint density at radius 3 is 2.55 bits per heavy atom. The average molecular weight is 176 g/mol. The van der Waals surface area contributed by atoms with Gasteiger partial charge < -0.3 is 4.89 Å². The van der Waals surface area contributed by atoms with Crippen molar-refractivity contribution in [3.8, 4) is 0 Å². The molecule has 0 rings (SSSR count). The summed E-state index contributed by atoms with van der Waals surface area (Å²) in [5.41, 5.74) is 0. The van der Waals surface area contributed by atoms with Gasteiger partial charge in [-0.25, -0.2) is 0 Å². The zero-order valence-corrected chi connectivity index (χ0v) is 8.02. The molecule has 0 radical (unpaired) electrons. The SMILES string of the molecule is C=CP(=O)(O)CCCCCC. The number of rotatable bonds is 6. The molecule has 0 amide bonds. The molecule has 0 saturated carbocycles. The van der Waals surface area contributed by atoms with Gasteiger partial charge in [-0.05, 0) is 12.2 Å². The van der Waals surface area contributed by atoms with E-state index < -0.39 is 7.37 Å². The first-order chi connectivity index (χ1) is 5.12. The minimum absolute atomic E-state index is 0.399. The van der Waals surface area contributed by atoms with Crippen molar-refractivity contribution in [2.45, 2.75) is 32.6 Å². The number of hydrogen-bond acceptors (Lipinski definition) is 1. The molecule has 0 bridgehead atoms. The lowest BCUT2D eigenvalue weighted by atomic mass is 10.2. The summed E-state index contributed by atoms with van der Waals surface area (Å²) in [5.74, 6) is 1.18. The fourth-order valence-corrected chi connectivity index (χ4v) is 1.72. The van der Waals surface area contributed by atoms with Crippen LogP contribution in [-0.4, -0.2) is 11.1 Å². The lowest BCUT2D eigenvalue weighted by Gasteiger charge is -2.04. The van der Waals surface area contributed by atoms with Crippen LogP contribution in [-0.2, 0) is 4.57 Å². The molecule has 0 fully saturated rings. The number of hydrogen-bond donors (Lipinski definition) is 1. The maximum Gasteiger partial charge on any atom is 0.222 e. The van der Waals surface area contributed by atoms with Crippen molar-refractivity contribution in [2.24, 2.45) is 0 Å². The predicted octanol–water partition coefficient (Wildman–Crippen LogP) is 2.98. The van der Waals surface area contributed by atoms with E-state index in [1.54, 1.807) is 0 Å². The first-order valence-corrected chi connectivity index (χ1v) is 5.99. The van der Waals surface area contributed by atoms with Crippen molar-refractivity contribution in [1.82, 2.24) is 0 Å². The van der Waals surface area contributed by atoms with Crippen molar-refractivity contribution in [2.75, 3.05) is 6.16 Å². The van der Waals surface area contributed by atoms with Gasteiger partial charge in [-0.1, -0.05) is 32.8 Å². The van der Waals surface area contributed by atoms with Crippen LogP contribution >= 0.6 is 7.37 Å². The highest BCUT2D eigenvalue weighted by Crippen LogP contribution is 2.42. The molecular weight excluding hydrogens is 159 g/mol. The summed E-state index contributed by atoms with van der Waals surface area (Å²) in [6.07, 6.45) is 4.60. The average Bonchev–Trinajstić information content (AvgIpc) is 1.99. The van der Waals surface area contributed by atoms with Gasteiger partial charge in [0.1, 0.15) is 0 Å². The van der Waals surface area contributed by atoms with Gasteiger partial charge in [0.15, 0.2) is 0 Å². The zero-order valence-electron chi connectivity index (χ0n) is 7.12. The summed E-state index contributed by atoms with van der Waals surface area (Å²) >= 11 is 0. The van der Waals surface area contributed by atoms with Crippen molar-refractivity contribution in [3.63, 3.8) is 0 Å². The second-order valence-electron chi connectivity index (χ2n) is 2.72. The Hall–Kier alpha value is -0.0700. The quantitative estimate of drug-likeness (QED) is 0.499. The van der Waals surface area contributed by atoms with Gasteiger partial charge in [0.2, 0.25) is 7.37 Å². The van der Waals surface area contributed by atoms with Crippen molar-refractivity contribution in [1.29, 1.82) is 0 Å². The summed E-state index contributed by atoms with van der Waals surface area (Å²) in [4.78, 5) is 9.06. The molecule has 0 heterocycles. The van der Waals surface area contributed by atoms with Gasteiger partial charge >= 0.3 is 0 Å². The summed E-state index contributed by atoms with van der Waals surface area (Å²) < 4.78 is 11.0. The molecule has 0 aliphatic heterocycles. The van der Waals surface area contributed by atoms with Crippen LogP contribution in [0.3, 0.4) is 0 Å². The van der Waals surface area contributed by atoms with E-state index in [0.717, 1.165) is 25.7 Å². The Balaban J connectivity index is 3.38. The van der Waals surface area contributed by atoms with E-state index in [-0.39, 0.29) is 0 Å². The van der Waals surface area contributed by atoms with E-state index in [9.17, 15) is 4.57 Å². The lowest BCUT2D eigenvalue weighted by Crippen LogP contribution is -1.85. The van der Waals surface area contributed by atoms with Crippen molar-refractivity contribution < 1.29 is 9.46 Å². The van der Waals surface area contributed by atoms with Crippen LogP contribution in [0, 0.1) is 0 Å². The van der Waals surface area contributed by atoms with Crippen LogP contribution in [0.5, 0.6) is 0 Å². The van der Waals surface area contributed by atoms with Gasteiger partial charge in [0, 0.05) is 6.16 Å². The van der Waals surface area contributed by atoms with E-state index in [1.807, 2.05) is 0 Å². The second kappa shape index (κ2) is 5.56. The molecular formula is C8H17O2P. The molecule has 0 aromatic rings. The third-order valence-electron chi connectivity index (χ3n) is 1.62. The molecule has 2 nitrogen and oxygen atoms in total. The van der Waals surface area contributed by atoms with Gasteiger partial charge in [-0.3, -0.25) is 4.57 Å². The molecule has 1 atom stereocenters. The lowest BCUT2D eigenvalue weighted by molar-refractivity contribution is 0.485. The largest absolute Gasteiger partial charge is 0.341 e. The highest BCUT2D eigenvalue weighted by molar-refractivity contribution is 7.61. The molecule has 0 aliphatic carbocycles. The van der Waals surface area contributed by atoms with Gasteiger partial charge in [0.05, 0.1) is 0 Å². The Morgan fingerprint density at radius 1 is 1.45 bits per heavy atom. The molecule has 0 saturated heterocycles. The molecule has 0 aliphatic rings. The predicted molar refractivity (Wildman–Crippen MR) is 49.0 cm³/mol. The van der Waals surface area contributed by atoms with E-state index in [4.69, 9.17) is 4.89 Å². The molecule has 3 heteroatoms. The monoisotopic (exact) mass is 176 g/mol. The minimum Gasteiger partial charge on any atom is -0.341 e. The highest BCUT2D eigenvalue weighted by Gasteiger charge is 2.10. The third-order valence-corrected chi connectivity index (χ3v) is 3.14. The van der Waals surface area contributed by atoms with Gasteiger partial charge in [-0.2, -0.15) is 0 Å². The van der Waals surface area contributed by atoms with Crippen molar-refractivity contribution in [3.05, 3.63) is 12.4 Å². The molecule has 0 aromatic heterocycles. The Labute approximate surface area is 68.8 Å². The summed E-state index contributed by atoms with van der Waals surface area (Å²) in [7, 11) is -2.95. The van der Waals surface area contributed by atoms with Gasteiger partial charge in [0.25, 0.3) is 0 Å². The Kier molecular flexibility index (Phi) is 5.53. The molecule has 1 unspecified atom stereocenters. The second-order valence-corrected chi connectivity index (χ2v) is 5.05. The Bertz CT molecular complexity index is 154. The first-order valence-electron chi connectivity index (χ1n) is 4.07. The molecule has 1 N–H and O–H groups in total. The van der Waals surface area contributed by atoms with Crippen molar-refractivity contribution >= 4 is 7.37 Å². The maximum atomic E-state index is 11.0. The number of unbranched alkanes of at least 4 members (excludes halogenated alkanes) is 3. The normalized spacial score (nSPS) is 15.8. The van der Waals surface area contributed by atoms with Gasteiger partial charge in [-0.15, -0.1) is 0 Å². The molecule has 66 valence electrons. The minimum atomic E-state index is -2.95. The highest BCUT2D eigenvalue weighted by atomic mass is 31.2. The van der Waals surface area contributed by atoms with Crippen LogP contribution in [0.4, 0.5) is 0 Å². The van der Waals surface area contributed by atoms with Crippen LogP contribution in [0.1, 0.15) is 32.6 Å². The van der Waals surface area contributed by atoms with E-state index in [0.29, 0.717) is 6.16 Å². The molecule has 0 spiro atoms. The standard InChI is InChI=1S/C8H17O2P/c1-3-5-6-7-8-11(9,10)4-2/h4H,2-3,5-8H2,1H3,(H,9,10). The molecule has 0 aromatic carbocycles. The fraction of sp³-hybridized carbons (Fsp3) is 0.750.